The highest BCUT2D eigenvalue weighted by Crippen LogP contribution is 2.21. The van der Waals surface area contributed by atoms with Crippen LogP contribution in [0.3, 0.4) is 0 Å². The molecule has 0 aliphatic carbocycles. The smallest absolute Gasteiger partial charge is 0.130 e. The van der Waals surface area contributed by atoms with E-state index in [1.54, 1.807) is 0 Å². The quantitative estimate of drug-likeness (QED) is 0.798. The summed E-state index contributed by atoms with van der Waals surface area (Å²) in [4.78, 5) is 0. The van der Waals surface area contributed by atoms with Gasteiger partial charge >= 0.3 is 0 Å². The Bertz CT molecular complexity index is 514. The molecule has 0 spiro atoms. The molecule has 0 radical (unpaired) electrons. The molecule has 2 rings (SSSR count). The summed E-state index contributed by atoms with van der Waals surface area (Å²) in [5, 5.41) is 4.67. The molecule has 0 saturated heterocycles. The van der Waals surface area contributed by atoms with Crippen LogP contribution in [0.15, 0.2) is 30.3 Å². The second-order valence-corrected chi connectivity index (χ2v) is 5.01. The lowest BCUT2D eigenvalue weighted by Gasteiger charge is -2.02. The molecule has 1 heterocycles. The molecule has 0 fully saturated rings. The maximum Gasteiger partial charge on any atom is 0.130 e. The monoisotopic (exact) mass is 257 g/mol. The SMILES string of the molecule is CCCCCCc1nn(-c2ccccc2)c(N)c1C. The molecule has 3 heteroatoms. The van der Waals surface area contributed by atoms with Crippen molar-refractivity contribution in [1.82, 2.24) is 9.78 Å². The number of aromatic nitrogens is 2. The lowest BCUT2D eigenvalue weighted by atomic mass is 10.1. The van der Waals surface area contributed by atoms with Crippen molar-refractivity contribution in [2.24, 2.45) is 0 Å². The number of hydrogen-bond donors (Lipinski definition) is 1. The Balaban J connectivity index is 2.14. The number of unbranched alkanes of at least 4 members (excludes halogenated alkanes) is 3. The van der Waals surface area contributed by atoms with E-state index < -0.39 is 0 Å². The van der Waals surface area contributed by atoms with Crippen molar-refractivity contribution < 1.29 is 0 Å². The number of nitrogen functional groups attached to an aromatic ring is 1. The highest BCUT2D eigenvalue weighted by atomic mass is 15.3. The van der Waals surface area contributed by atoms with Crippen LogP contribution in [0.1, 0.15) is 43.9 Å². The first-order chi connectivity index (χ1) is 9.24. The molecule has 0 atom stereocenters. The van der Waals surface area contributed by atoms with Gasteiger partial charge in [-0.3, -0.25) is 0 Å². The molecule has 0 saturated carbocycles. The molecule has 3 nitrogen and oxygen atoms in total. The van der Waals surface area contributed by atoms with Crippen LogP contribution in [0, 0.1) is 6.92 Å². The Morgan fingerprint density at radius 1 is 1.11 bits per heavy atom. The fourth-order valence-corrected chi connectivity index (χ4v) is 2.28. The molecule has 0 amide bonds. The Morgan fingerprint density at radius 3 is 2.53 bits per heavy atom. The number of aryl methyl sites for hydroxylation is 1. The third kappa shape index (κ3) is 3.16. The van der Waals surface area contributed by atoms with Gasteiger partial charge in [0.15, 0.2) is 0 Å². The van der Waals surface area contributed by atoms with Gasteiger partial charge in [-0.25, -0.2) is 4.68 Å². The second kappa shape index (κ2) is 6.41. The summed E-state index contributed by atoms with van der Waals surface area (Å²) in [5.74, 6) is 0.761. The standard InChI is InChI=1S/C16H23N3/c1-3-4-5-9-12-15-13(2)16(17)19(18-15)14-10-7-6-8-11-14/h6-8,10-11H,3-5,9,12,17H2,1-2H3. The van der Waals surface area contributed by atoms with E-state index in [1.807, 2.05) is 35.0 Å². The van der Waals surface area contributed by atoms with Gasteiger partial charge in [0.2, 0.25) is 0 Å². The summed E-state index contributed by atoms with van der Waals surface area (Å²) in [6.45, 7) is 4.30. The van der Waals surface area contributed by atoms with E-state index in [4.69, 9.17) is 5.73 Å². The van der Waals surface area contributed by atoms with Gasteiger partial charge in [-0.2, -0.15) is 5.10 Å². The van der Waals surface area contributed by atoms with Gasteiger partial charge in [-0.05, 0) is 31.9 Å². The average Bonchev–Trinajstić information content (AvgIpc) is 2.73. The predicted octanol–water partition coefficient (Wildman–Crippen LogP) is 3.89. The third-order valence-corrected chi connectivity index (χ3v) is 3.53. The van der Waals surface area contributed by atoms with E-state index in [2.05, 4.69) is 18.9 Å². The van der Waals surface area contributed by atoms with Crippen LogP contribution in [0.4, 0.5) is 5.82 Å². The third-order valence-electron chi connectivity index (χ3n) is 3.53. The van der Waals surface area contributed by atoms with Gasteiger partial charge in [-0.1, -0.05) is 44.4 Å². The Labute approximate surface area is 115 Å². The van der Waals surface area contributed by atoms with Crippen molar-refractivity contribution in [3.63, 3.8) is 0 Å². The van der Waals surface area contributed by atoms with Gasteiger partial charge in [-0.15, -0.1) is 0 Å². The molecule has 19 heavy (non-hydrogen) atoms. The maximum absolute atomic E-state index is 6.17. The van der Waals surface area contributed by atoms with E-state index in [0.29, 0.717) is 0 Å². The van der Waals surface area contributed by atoms with Crippen molar-refractivity contribution in [2.45, 2.75) is 46.0 Å². The van der Waals surface area contributed by atoms with Crippen molar-refractivity contribution in [1.29, 1.82) is 0 Å². The van der Waals surface area contributed by atoms with Crippen molar-refractivity contribution in [2.75, 3.05) is 5.73 Å². The molecule has 0 unspecified atom stereocenters. The number of nitrogens with zero attached hydrogens (tertiary/aromatic N) is 2. The zero-order chi connectivity index (χ0) is 13.7. The normalized spacial score (nSPS) is 10.8. The molecule has 102 valence electrons. The number of nitrogens with two attached hydrogens (primary N) is 1. The topological polar surface area (TPSA) is 43.8 Å². The van der Waals surface area contributed by atoms with E-state index in [0.717, 1.165) is 29.2 Å². The van der Waals surface area contributed by atoms with E-state index in [9.17, 15) is 0 Å². The largest absolute Gasteiger partial charge is 0.383 e. The number of anilines is 1. The number of para-hydroxylation sites is 1. The minimum Gasteiger partial charge on any atom is -0.383 e. The van der Waals surface area contributed by atoms with Gasteiger partial charge in [0.25, 0.3) is 0 Å². The lowest BCUT2D eigenvalue weighted by Crippen LogP contribution is -2.01. The van der Waals surface area contributed by atoms with Crippen LogP contribution in [0.25, 0.3) is 5.69 Å². The minimum atomic E-state index is 0.761. The zero-order valence-electron chi connectivity index (χ0n) is 11.9. The van der Waals surface area contributed by atoms with Crippen molar-refractivity contribution in [3.8, 4) is 5.69 Å². The fourth-order valence-electron chi connectivity index (χ4n) is 2.28. The molecular formula is C16H23N3. The van der Waals surface area contributed by atoms with Crippen LogP contribution < -0.4 is 5.73 Å². The second-order valence-electron chi connectivity index (χ2n) is 5.01. The average molecular weight is 257 g/mol. The first kappa shape index (κ1) is 13.7. The summed E-state index contributed by atoms with van der Waals surface area (Å²) >= 11 is 0. The zero-order valence-corrected chi connectivity index (χ0v) is 11.9. The summed E-state index contributed by atoms with van der Waals surface area (Å²) in [6, 6.07) is 10.1. The predicted molar refractivity (Wildman–Crippen MR) is 80.6 cm³/mol. The van der Waals surface area contributed by atoms with Gasteiger partial charge < -0.3 is 5.73 Å². The van der Waals surface area contributed by atoms with Crippen LogP contribution in [-0.2, 0) is 6.42 Å². The maximum atomic E-state index is 6.17. The molecule has 0 aliphatic heterocycles. The summed E-state index contributed by atoms with van der Waals surface area (Å²) in [7, 11) is 0. The van der Waals surface area contributed by atoms with Crippen molar-refractivity contribution >= 4 is 5.82 Å². The Kier molecular flexibility index (Phi) is 4.61. The molecule has 0 bridgehead atoms. The first-order valence-electron chi connectivity index (χ1n) is 7.13. The molecule has 2 aromatic rings. The van der Waals surface area contributed by atoms with Gasteiger partial charge in [0, 0.05) is 5.56 Å². The van der Waals surface area contributed by atoms with Crippen LogP contribution in [0.5, 0.6) is 0 Å². The molecular weight excluding hydrogens is 234 g/mol. The van der Waals surface area contributed by atoms with E-state index in [-0.39, 0.29) is 0 Å². The van der Waals surface area contributed by atoms with Gasteiger partial charge in [0.05, 0.1) is 11.4 Å². The van der Waals surface area contributed by atoms with Gasteiger partial charge in [0.1, 0.15) is 5.82 Å². The van der Waals surface area contributed by atoms with E-state index in [1.165, 1.54) is 25.7 Å². The summed E-state index contributed by atoms with van der Waals surface area (Å²) in [5.41, 5.74) is 9.46. The molecule has 1 aromatic heterocycles. The fraction of sp³-hybridized carbons (Fsp3) is 0.438. The van der Waals surface area contributed by atoms with Crippen LogP contribution in [-0.4, -0.2) is 9.78 Å². The van der Waals surface area contributed by atoms with Crippen molar-refractivity contribution in [3.05, 3.63) is 41.6 Å². The number of benzene rings is 1. The highest BCUT2D eigenvalue weighted by Gasteiger charge is 2.12. The lowest BCUT2D eigenvalue weighted by molar-refractivity contribution is 0.655. The number of rotatable bonds is 6. The van der Waals surface area contributed by atoms with Crippen LogP contribution in [0.2, 0.25) is 0 Å². The first-order valence-corrected chi connectivity index (χ1v) is 7.13. The molecule has 0 aliphatic rings. The van der Waals surface area contributed by atoms with Crippen LogP contribution >= 0.6 is 0 Å². The molecule has 2 N–H and O–H groups in total. The summed E-state index contributed by atoms with van der Waals surface area (Å²) in [6.07, 6.45) is 6.05. The Hall–Kier alpha value is -1.77. The Morgan fingerprint density at radius 2 is 1.84 bits per heavy atom. The minimum absolute atomic E-state index is 0.761. The summed E-state index contributed by atoms with van der Waals surface area (Å²) < 4.78 is 1.85. The highest BCUT2D eigenvalue weighted by molar-refractivity contribution is 5.49. The number of hydrogen-bond acceptors (Lipinski definition) is 2. The van der Waals surface area contributed by atoms with E-state index >= 15 is 0 Å². The molecule has 1 aromatic carbocycles.